The van der Waals surface area contributed by atoms with Gasteiger partial charge in [-0.05, 0) is 59.2 Å². The molecule has 2 fully saturated rings. The summed E-state index contributed by atoms with van der Waals surface area (Å²) < 4.78 is 0. The normalized spacial score (nSPS) is 28.5. The van der Waals surface area contributed by atoms with E-state index in [2.05, 4.69) is 36.0 Å². The van der Waals surface area contributed by atoms with E-state index in [1.807, 2.05) is 0 Å². The van der Waals surface area contributed by atoms with Crippen LogP contribution in [0.3, 0.4) is 0 Å². The van der Waals surface area contributed by atoms with Crippen molar-refractivity contribution in [3.63, 3.8) is 0 Å². The lowest BCUT2D eigenvalue weighted by Crippen LogP contribution is -2.56. The maximum atomic E-state index is 12.4. The number of nitrogens with zero attached hydrogens (tertiary/aromatic N) is 2. The smallest absolute Gasteiger partial charge is 0.237 e. The maximum absolute atomic E-state index is 12.4. The summed E-state index contributed by atoms with van der Waals surface area (Å²) >= 11 is 0. The van der Waals surface area contributed by atoms with Crippen LogP contribution in [0.15, 0.2) is 0 Å². The Hall–Kier alpha value is -0.610. The molecule has 4 heteroatoms. The first-order chi connectivity index (χ1) is 9.04. The van der Waals surface area contributed by atoms with Gasteiger partial charge in [-0.1, -0.05) is 6.92 Å². The number of carbonyl (C=O) groups is 1. The fraction of sp³-hybridized carbons (Fsp3) is 0.933. The minimum atomic E-state index is 0.00472. The third kappa shape index (κ3) is 3.69. The van der Waals surface area contributed by atoms with Crippen LogP contribution in [0.1, 0.15) is 46.0 Å². The molecule has 0 radical (unpaired) electrons. The lowest BCUT2D eigenvalue weighted by molar-refractivity contribution is -0.127. The third-order valence-electron chi connectivity index (χ3n) is 4.75. The van der Waals surface area contributed by atoms with E-state index in [0.717, 1.165) is 45.3 Å². The summed E-state index contributed by atoms with van der Waals surface area (Å²) in [6.45, 7) is 8.92. The van der Waals surface area contributed by atoms with Crippen LogP contribution in [0.5, 0.6) is 0 Å². The Kier molecular flexibility index (Phi) is 4.85. The summed E-state index contributed by atoms with van der Waals surface area (Å²) in [5, 5.41) is 3.32. The van der Waals surface area contributed by atoms with Crippen LogP contribution in [-0.2, 0) is 4.79 Å². The second-order valence-corrected chi connectivity index (χ2v) is 6.53. The summed E-state index contributed by atoms with van der Waals surface area (Å²) in [6.07, 6.45) is 5.54. The predicted octanol–water partition coefficient (Wildman–Crippen LogP) is 1.46. The number of hydrogen-bond donors (Lipinski definition) is 1. The highest BCUT2D eigenvalue weighted by molar-refractivity contribution is 5.82. The zero-order valence-corrected chi connectivity index (χ0v) is 12.7. The molecule has 4 nitrogen and oxygen atoms in total. The van der Waals surface area contributed by atoms with E-state index in [1.54, 1.807) is 0 Å². The zero-order chi connectivity index (χ0) is 13.9. The highest BCUT2D eigenvalue weighted by Gasteiger charge is 2.35. The average molecular weight is 267 g/mol. The van der Waals surface area contributed by atoms with Crippen LogP contribution in [0.2, 0.25) is 0 Å². The van der Waals surface area contributed by atoms with Crippen molar-refractivity contribution in [2.45, 2.75) is 57.5 Å². The molecule has 0 aromatic rings. The molecule has 2 aliphatic heterocycles. The number of amides is 1. The lowest BCUT2D eigenvalue weighted by Gasteiger charge is -2.40. The lowest BCUT2D eigenvalue weighted by atomic mass is 9.89. The van der Waals surface area contributed by atoms with Gasteiger partial charge in [-0.3, -0.25) is 9.69 Å². The molecule has 0 spiro atoms. The van der Waals surface area contributed by atoms with Gasteiger partial charge in [0.1, 0.15) is 0 Å². The van der Waals surface area contributed by atoms with E-state index in [4.69, 9.17) is 0 Å². The van der Waals surface area contributed by atoms with E-state index >= 15 is 0 Å². The number of piperidine rings is 1. The molecule has 0 aromatic heterocycles. The Labute approximate surface area is 117 Å². The van der Waals surface area contributed by atoms with Gasteiger partial charge in [-0.25, -0.2) is 0 Å². The Morgan fingerprint density at radius 2 is 2.00 bits per heavy atom. The quantitative estimate of drug-likeness (QED) is 0.837. The summed E-state index contributed by atoms with van der Waals surface area (Å²) in [5.74, 6) is 0.242. The number of carbonyl (C=O) groups excluding carboxylic acids is 1. The Morgan fingerprint density at radius 1 is 1.32 bits per heavy atom. The Balaban J connectivity index is 1.83. The molecule has 2 rings (SSSR count). The van der Waals surface area contributed by atoms with Gasteiger partial charge in [0.2, 0.25) is 5.91 Å². The van der Waals surface area contributed by atoms with E-state index in [9.17, 15) is 4.79 Å². The van der Waals surface area contributed by atoms with Crippen molar-refractivity contribution in [1.82, 2.24) is 15.1 Å². The van der Waals surface area contributed by atoms with Crippen molar-refractivity contribution in [3.8, 4) is 0 Å². The number of nitrogens with one attached hydrogen (secondary N) is 1. The molecule has 1 N–H and O–H groups in total. The first-order valence-electron chi connectivity index (χ1n) is 7.79. The third-order valence-corrected chi connectivity index (χ3v) is 4.75. The first-order valence-corrected chi connectivity index (χ1v) is 7.79. The van der Waals surface area contributed by atoms with Crippen molar-refractivity contribution in [2.24, 2.45) is 0 Å². The minimum absolute atomic E-state index is 0.00472. The van der Waals surface area contributed by atoms with Gasteiger partial charge >= 0.3 is 0 Å². The fourth-order valence-corrected chi connectivity index (χ4v) is 3.33. The van der Waals surface area contributed by atoms with Gasteiger partial charge in [0, 0.05) is 18.6 Å². The van der Waals surface area contributed by atoms with Crippen LogP contribution in [0, 0.1) is 0 Å². The minimum Gasteiger partial charge on any atom is -0.349 e. The standard InChI is InChI=1S/C15H29N3O/c1-4-9-18-11-7-15(2,8-12-18)16-14(19)13-6-5-10-17(13)3/h13H,4-12H2,1-3H3,(H,16,19). The molecular formula is C15H29N3O. The van der Waals surface area contributed by atoms with E-state index in [0.29, 0.717) is 0 Å². The highest BCUT2D eigenvalue weighted by Crippen LogP contribution is 2.23. The van der Waals surface area contributed by atoms with E-state index < -0.39 is 0 Å². The van der Waals surface area contributed by atoms with Crippen molar-refractivity contribution in [1.29, 1.82) is 0 Å². The van der Waals surface area contributed by atoms with E-state index in [-0.39, 0.29) is 17.5 Å². The number of hydrogen-bond acceptors (Lipinski definition) is 3. The highest BCUT2D eigenvalue weighted by atomic mass is 16.2. The Morgan fingerprint density at radius 3 is 2.53 bits per heavy atom. The molecule has 19 heavy (non-hydrogen) atoms. The predicted molar refractivity (Wildman–Crippen MR) is 78.2 cm³/mol. The van der Waals surface area contributed by atoms with Crippen LogP contribution < -0.4 is 5.32 Å². The van der Waals surface area contributed by atoms with Gasteiger partial charge in [-0.2, -0.15) is 0 Å². The molecule has 2 heterocycles. The van der Waals surface area contributed by atoms with Gasteiger partial charge in [-0.15, -0.1) is 0 Å². The summed E-state index contributed by atoms with van der Waals surface area (Å²) in [5.41, 5.74) is 0.00472. The maximum Gasteiger partial charge on any atom is 0.237 e. The fourth-order valence-electron chi connectivity index (χ4n) is 3.33. The van der Waals surface area contributed by atoms with Crippen LogP contribution in [0.25, 0.3) is 0 Å². The number of likely N-dealkylation sites (tertiary alicyclic amines) is 2. The molecule has 0 bridgehead atoms. The van der Waals surface area contributed by atoms with Crippen LogP contribution in [0.4, 0.5) is 0 Å². The number of likely N-dealkylation sites (N-methyl/N-ethyl adjacent to an activating group) is 1. The molecule has 2 aliphatic rings. The molecular weight excluding hydrogens is 238 g/mol. The topological polar surface area (TPSA) is 35.6 Å². The van der Waals surface area contributed by atoms with Gasteiger partial charge in [0.15, 0.2) is 0 Å². The molecule has 1 atom stereocenters. The zero-order valence-electron chi connectivity index (χ0n) is 12.7. The molecule has 1 amide bonds. The van der Waals surface area contributed by atoms with E-state index in [1.165, 1.54) is 13.0 Å². The average Bonchev–Trinajstić information content (AvgIpc) is 2.79. The summed E-state index contributed by atoms with van der Waals surface area (Å²) in [7, 11) is 2.06. The number of rotatable bonds is 4. The van der Waals surface area contributed by atoms with Gasteiger partial charge in [0.05, 0.1) is 6.04 Å². The van der Waals surface area contributed by atoms with Crippen molar-refractivity contribution in [3.05, 3.63) is 0 Å². The largest absolute Gasteiger partial charge is 0.349 e. The Bertz CT molecular complexity index is 311. The molecule has 0 aromatic carbocycles. The molecule has 1 unspecified atom stereocenters. The van der Waals surface area contributed by atoms with Gasteiger partial charge in [0.25, 0.3) is 0 Å². The molecule has 2 saturated heterocycles. The van der Waals surface area contributed by atoms with Crippen LogP contribution >= 0.6 is 0 Å². The van der Waals surface area contributed by atoms with Crippen molar-refractivity contribution in [2.75, 3.05) is 33.2 Å². The monoisotopic (exact) mass is 267 g/mol. The van der Waals surface area contributed by atoms with Gasteiger partial charge < -0.3 is 10.2 Å². The second-order valence-electron chi connectivity index (χ2n) is 6.53. The van der Waals surface area contributed by atoms with Crippen LogP contribution in [-0.4, -0.2) is 60.5 Å². The summed E-state index contributed by atoms with van der Waals surface area (Å²) in [6, 6.07) is 0.102. The second kappa shape index (κ2) is 6.23. The molecule has 0 aliphatic carbocycles. The SMILES string of the molecule is CCCN1CCC(C)(NC(=O)C2CCCN2C)CC1. The molecule has 0 saturated carbocycles. The first kappa shape index (κ1) is 14.8. The van der Waals surface area contributed by atoms with Crippen molar-refractivity contribution < 1.29 is 4.79 Å². The molecule has 110 valence electrons. The summed E-state index contributed by atoms with van der Waals surface area (Å²) in [4.78, 5) is 17.1. The van der Waals surface area contributed by atoms with Crippen molar-refractivity contribution >= 4 is 5.91 Å².